The van der Waals surface area contributed by atoms with E-state index in [0.29, 0.717) is 11.4 Å². The third kappa shape index (κ3) is 2.79. The number of rotatable bonds is 3. The maximum Gasteiger partial charge on any atom is 0.258 e. The van der Waals surface area contributed by atoms with E-state index in [1.54, 1.807) is 12.1 Å². The van der Waals surface area contributed by atoms with Crippen molar-refractivity contribution in [3.8, 4) is 5.75 Å². The van der Waals surface area contributed by atoms with E-state index in [1.807, 2.05) is 26.0 Å². The molecule has 0 fully saturated rings. The molecule has 2 aromatic rings. The van der Waals surface area contributed by atoms with Crippen LogP contribution in [-0.2, 0) is 0 Å². The number of anilines is 1. The van der Waals surface area contributed by atoms with Crippen LogP contribution in [0.5, 0.6) is 5.75 Å². The van der Waals surface area contributed by atoms with E-state index >= 15 is 0 Å². The summed E-state index contributed by atoms with van der Waals surface area (Å²) in [4.78, 5) is 12.1. The van der Waals surface area contributed by atoms with Gasteiger partial charge in [0.05, 0.1) is 12.7 Å². The zero-order valence-electron chi connectivity index (χ0n) is 11.7. The molecule has 0 atom stereocenters. The Labute approximate surface area is 117 Å². The highest BCUT2D eigenvalue weighted by molar-refractivity contribution is 6.05. The quantitative estimate of drug-likeness (QED) is 0.926. The van der Waals surface area contributed by atoms with Crippen LogP contribution in [0, 0.1) is 19.7 Å². The molecule has 0 radical (unpaired) electrons. The summed E-state index contributed by atoms with van der Waals surface area (Å²) >= 11 is 0. The minimum Gasteiger partial charge on any atom is -0.497 e. The molecule has 1 N–H and O–H groups in total. The van der Waals surface area contributed by atoms with Crippen molar-refractivity contribution < 1.29 is 13.9 Å². The van der Waals surface area contributed by atoms with Crippen molar-refractivity contribution in [3.63, 3.8) is 0 Å². The normalized spacial score (nSPS) is 10.2. The lowest BCUT2D eigenvalue weighted by molar-refractivity contribution is 0.102. The van der Waals surface area contributed by atoms with E-state index in [9.17, 15) is 9.18 Å². The SMILES string of the molecule is COc1ccc(C(=O)Nc2cccc(C)c2C)c(F)c1. The van der Waals surface area contributed by atoms with Crippen molar-refractivity contribution in [2.75, 3.05) is 12.4 Å². The summed E-state index contributed by atoms with van der Waals surface area (Å²) in [6, 6.07) is 9.76. The maximum absolute atomic E-state index is 13.8. The average Bonchev–Trinajstić information content (AvgIpc) is 2.43. The number of halogens is 1. The Hall–Kier alpha value is -2.36. The second-order valence-electron chi connectivity index (χ2n) is 4.55. The number of carbonyl (C=O) groups is 1. The highest BCUT2D eigenvalue weighted by Gasteiger charge is 2.13. The first-order valence-electron chi connectivity index (χ1n) is 6.24. The molecule has 2 aromatic carbocycles. The number of ether oxygens (including phenoxy) is 1. The molecular formula is C16H16FNO2. The van der Waals surface area contributed by atoms with E-state index in [0.717, 1.165) is 11.1 Å². The van der Waals surface area contributed by atoms with Gasteiger partial charge in [0.1, 0.15) is 11.6 Å². The first-order chi connectivity index (χ1) is 9.52. The second-order valence-corrected chi connectivity index (χ2v) is 4.55. The van der Waals surface area contributed by atoms with Crippen LogP contribution in [0.25, 0.3) is 0 Å². The van der Waals surface area contributed by atoms with Crippen LogP contribution in [0.2, 0.25) is 0 Å². The van der Waals surface area contributed by atoms with Gasteiger partial charge in [-0.2, -0.15) is 0 Å². The summed E-state index contributed by atoms with van der Waals surface area (Å²) in [5.41, 5.74) is 2.71. The number of amides is 1. The fourth-order valence-electron chi connectivity index (χ4n) is 1.88. The molecular weight excluding hydrogens is 257 g/mol. The van der Waals surface area contributed by atoms with Crippen LogP contribution in [-0.4, -0.2) is 13.0 Å². The number of hydrogen-bond donors (Lipinski definition) is 1. The van der Waals surface area contributed by atoms with Crippen molar-refractivity contribution in [2.45, 2.75) is 13.8 Å². The smallest absolute Gasteiger partial charge is 0.258 e. The number of carbonyl (C=O) groups excluding carboxylic acids is 1. The Morgan fingerprint density at radius 1 is 1.20 bits per heavy atom. The van der Waals surface area contributed by atoms with Gasteiger partial charge in [-0.25, -0.2) is 4.39 Å². The van der Waals surface area contributed by atoms with Crippen molar-refractivity contribution in [3.05, 3.63) is 58.9 Å². The van der Waals surface area contributed by atoms with Crippen LogP contribution in [0.4, 0.5) is 10.1 Å². The van der Waals surface area contributed by atoms with E-state index in [1.165, 1.54) is 19.2 Å². The number of aryl methyl sites for hydroxylation is 1. The van der Waals surface area contributed by atoms with Crippen LogP contribution < -0.4 is 10.1 Å². The van der Waals surface area contributed by atoms with Crippen molar-refractivity contribution in [1.82, 2.24) is 0 Å². The third-order valence-corrected chi connectivity index (χ3v) is 3.27. The summed E-state index contributed by atoms with van der Waals surface area (Å²) in [5, 5.41) is 2.73. The van der Waals surface area contributed by atoms with Gasteiger partial charge in [-0.3, -0.25) is 4.79 Å². The predicted octanol–water partition coefficient (Wildman–Crippen LogP) is 3.70. The molecule has 3 nitrogen and oxygen atoms in total. The first-order valence-corrected chi connectivity index (χ1v) is 6.24. The van der Waals surface area contributed by atoms with Gasteiger partial charge in [-0.05, 0) is 43.2 Å². The number of benzene rings is 2. The Bertz CT molecular complexity index is 653. The van der Waals surface area contributed by atoms with Gasteiger partial charge in [0.15, 0.2) is 0 Å². The largest absolute Gasteiger partial charge is 0.497 e. The highest BCUT2D eigenvalue weighted by Crippen LogP contribution is 2.21. The standard InChI is InChI=1S/C16H16FNO2/c1-10-5-4-6-15(11(10)2)18-16(19)13-8-7-12(20-3)9-14(13)17/h4-9H,1-3H3,(H,18,19). The molecule has 2 rings (SSSR count). The number of hydrogen-bond acceptors (Lipinski definition) is 2. The Balaban J connectivity index is 2.26. The Kier molecular flexibility index (Phi) is 4.03. The molecule has 0 saturated heterocycles. The minimum atomic E-state index is -0.604. The molecule has 0 unspecified atom stereocenters. The molecule has 1 amide bonds. The van der Waals surface area contributed by atoms with Gasteiger partial charge in [0, 0.05) is 11.8 Å². The summed E-state index contributed by atoms with van der Waals surface area (Å²) in [6.07, 6.45) is 0. The summed E-state index contributed by atoms with van der Waals surface area (Å²) in [6.45, 7) is 3.87. The molecule has 0 aliphatic carbocycles. The van der Waals surface area contributed by atoms with E-state index in [2.05, 4.69) is 5.32 Å². The van der Waals surface area contributed by atoms with Gasteiger partial charge in [-0.15, -0.1) is 0 Å². The summed E-state index contributed by atoms with van der Waals surface area (Å²) < 4.78 is 18.7. The molecule has 4 heteroatoms. The Morgan fingerprint density at radius 2 is 1.95 bits per heavy atom. The summed E-state index contributed by atoms with van der Waals surface area (Å²) in [7, 11) is 1.45. The highest BCUT2D eigenvalue weighted by atomic mass is 19.1. The minimum absolute atomic E-state index is 0.00768. The van der Waals surface area contributed by atoms with Crippen molar-refractivity contribution in [2.24, 2.45) is 0 Å². The number of nitrogens with one attached hydrogen (secondary N) is 1. The predicted molar refractivity (Wildman–Crippen MR) is 76.8 cm³/mol. The van der Waals surface area contributed by atoms with Crippen LogP contribution in [0.3, 0.4) is 0 Å². The zero-order valence-corrected chi connectivity index (χ0v) is 11.7. The van der Waals surface area contributed by atoms with E-state index in [-0.39, 0.29) is 5.56 Å². The van der Waals surface area contributed by atoms with Crippen LogP contribution in [0.1, 0.15) is 21.5 Å². The molecule has 0 saturated carbocycles. The molecule has 0 aromatic heterocycles. The molecule has 104 valence electrons. The zero-order chi connectivity index (χ0) is 14.7. The average molecular weight is 273 g/mol. The Morgan fingerprint density at radius 3 is 2.60 bits per heavy atom. The molecule has 0 aliphatic rings. The fourth-order valence-corrected chi connectivity index (χ4v) is 1.88. The van der Waals surface area contributed by atoms with E-state index in [4.69, 9.17) is 4.74 Å². The molecule has 0 aliphatic heterocycles. The van der Waals surface area contributed by atoms with Crippen LogP contribution in [0.15, 0.2) is 36.4 Å². The molecule has 20 heavy (non-hydrogen) atoms. The molecule has 0 spiro atoms. The number of methoxy groups -OCH3 is 1. The monoisotopic (exact) mass is 273 g/mol. The summed E-state index contributed by atoms with van der Waals surface area (Å²) in [5.74, 6) is -0.697. The van der Waals surface area contributed by atoms with Crippen molar-refractivity contribution >= 4 is 11.6 Å². The van der Waals surface area contributed by atoms with Gasteiger partial charge in [-0.1, -0.05) is 12.1 Å². The maximum atomic E-state index is 13.8. The van der Waals surface area contributed by atoms with Gasteiger partial charge < -0.3 is 10.1 Å². The van der Waals surface area contributed by atoms with E-state index < -0.39 is 11.7 Å². The lowest BCUT2D eigenvalue weighted by Gasteiger charge is -2.11. The second kappa shape index (κ2) is 5.74. The van der Waals surface area contributed by atoms with Gasteiger partial charge in [0.25, 0.3) is 5.91 Å². The van der Waals surface area contributed by atoms with Crippen molar-refractivity contribution in [1.29, 1.82) is 0 Å². The molecule has 0 heterocycles. The van der Waals surface area contributed by atoms with Gasteiger partial charge >= 0.3 is 0 Å². The third-order valence-electron chi connectivity index (χ3n) is 3.27. The lowest BCUT2D eigenvalue weighted by Crippen LogP contribution is -2.14. The van der Waals surface area contributed by atoms with Gasteiger partial charge in [0.2, 0.25) is 0 Å². The van der Waals surface area contributed by atoms with Crippen LogP contribution >= 0.6 is 0 Å². The molecule has 0 bridgehead atoms. The first kappa shape index (κ1) is 14.1. The topological polar surface area (TPSA) is 38.3 Å². The lowest BCUT2D eigenvalue weighted by atomic mass is 10.1. The fraction of sp³-hybridized carbons (Fsp3) is 0.188.